The molecule has 0 radical (unpaired) electrons. The molecule has 0 spiro atoms. The van der Waals surface area contributed by atoms with Crippen LogP contribution in [-0.2, 0) is 0 Å². The molecule has 3 nitrogen and oxygen atoms in total. The van der Waals surface area contributed by atoms with Crippen LogP contribution in [-0.4, -0.2) is 60.8 Å². The lowest BCUT2D eigenvalue weighted by atomic mass is 9.96. The van der Waals surface area contributed by atoms with Crippen molar-refractivity contribution in [2.24, 2.45) is 0 Å². The topological polar surface area (TPSA) is 26.7 Å². The first-order valence-electron chi connectivity index (χ1n) is 9.47. The molecule has 0 aliphatic carbocycles. The Morgan fingerprint density at radius 1 is 0.786 bits per heavy atom. The minimum atomic E-state index is 0. The van der Waals surface area contributed by atoms with Crippen molar-refractivity contribution in [1.82, 2.24) is 9.80 Å². The molecule has 0 bridgehead atoms. The number of fused-ring (bicyclic) bond motifs is 2. The van der Waals surface area contributed by atoms with E-state index in [1.807, 2.05) is 11.8 Å². The van der Waals surface area contributed by atoms with Gasteiger partial charge in [0, 0.05) is 49.1 Å². The molecular weight excluding hydrogens is 411 g/mol. The van der Waals surface area contributed by atoms with E-state index in [1.54, 1.807) is 0 Å². The summed E-state index contributed by atoms with van der Waals surface area (Å²) in [6.45, 7) is 6.53. The molecular formula is C22H28Cl2N2OS. The summed E-state index contributed by atoms with van der Waals surface area (Å²) in [6, 6.07) is 17.5. The third-order valence-electron chi connectivity index (χ3n) is 5.25. The van der Waals surface area contributed by atoms with Crippen LogP contribution >= 0.6 is 36.6 Å². The summed E-state index contributed by atoms with van der Waals surface area (Å²) < 4.78 is 0. The highest BCUT2D eigenvalue weighted by atomic mass is 35.5. The lowest BCUT2D eigenvalue weighted by molar-refractivity contribution is 0.114. The standard InChI is InChI=1S/C22H26N2OS.2ClH/c25-17-16-24-14-12-23(13-15-24)11-5-8-18-19-6-1-3-9-21(19)26-22-10-4-2-7-20(18)22;;/h1-4,6-10,25H,5,11-17H2;2*1H. The lowest BCUT2D eigenvalue weighted by Gasteiger charge is -2.34. The van der Waals surface area contributed by atoms with Crippen molar-refractivity contribution >= 4 is 42.1 Å². The molecule has 2 aliphatic heterocycles. The maximum Gasteiger partial charge on any atom is 0.0558 e. The van der Waals surface area contributed by atoms with E-state index in [4.69, 9.17) is 5.11 Å². The van der Waals surface area contributed by atoms with Gasteiger partial charge in [-0.05, 0) is 35.3 Å². The fourth-order valence-corrected chi connectivity index (χ4v) is 4.92. The molecule has 0 unspecified atom stereocenters. The van der Waals surface area contributed by atoms with Gasteiger partial charge in [-0.3, -0.25) is 4.90 Å². The quantitative estimate of drug-likeness (QED) is 0.637. The Kier molecular flexibility index (Phi) is 9.35. The first-order chi connectivity index (χ1) is 12.8. The third-order valence-corrected chi connectivity index (χ3v) is 6.40. The number of aliphatic hydroxyl groups is 1. The van der Waals surface area contributed by atoms with Crippen molar-refractivity contribution in [1.29, 1.82) is 0 Å². The third kappa shape index (κ3) is 5.32. The van der Waals surface area contributed by atoms with E-state index in [9.17, 15) is 0 Å². The average Bonchev–Trinajstić information content (AvgIpc) is 2.69. The second kappa shape index (κ2) is 11.2. The summed E-state index contributed by atoms with van der Waals surface area (Å²) in [5, 5.41) is 9.07. The van der Waals surface area contributed by atoms with Crippen molar-refractivity contribution < 1.29 is 5.11 Å². The average molecular weight is 439 g/mol. The van der Waals surface area contributed by atoms with Gasteiger partial charge >= 0.3 is 0 Å². The summed E-state index contributed by atoms with van der Waals surface area (Å²) in [5.41, 5.74) is 4.11. The van der Waals surface area contributed by atoms with Crippen molar-refractivity contribution in [2.45, 2.75) is 16.2 Å². The van der Waals surface area contributed by atoms with Gasteiger partial charge in [0.2, 0.25) is 0 Å². The number of hydrogen-bond donors (Lipinski definition) is 1. The van der Waals surface area contributed by atoms with Gasteiger partial charge in [0.15, 0.2) is 0 Å². The molecule has 0 saturated carbocycles. The molecule has 152 valence electrons. The summed E-state index contributed by atoms with van der Waals surface area (Å²) in [7, 11) is 0. The maximum absolute atomic E-state index is 9.07. The number of rotatable bonds is 5. The van der Waals surface area contributed by atoms with Crippen molar-refractivity contribution in [3.63, 3.8) is 0 Å². The Morgan fingerprint density at radius 3 is 1.82 bits per heavy atom. The van der Waals surface area contributed by atoms with Crippen LogP contribution in [0.4, 0.5) is 0 Å². The van der Waals surface area contributed by atoms with Crippen LogP contribution in [0.2, 0.25) is 0 Å². The summed E-state index contributed by atoms with van der Waals surface area (Å²) in [6.07, 6.45) is 3.50. The number of nitrogens with zero attached hydrogens (tertiary/aromatic N) is 2. The maximum atomic E-state index is 9.07. The molecule has 2 aliphatic rings. The zero-order valence-electron chi connectivity index (χ0n) is 15.9. The van der Waals surface area contributed by atoms with Crippen molar-refractivity contribution in [3.8, 4) is 0 Å². The zero-order chi connectivity index (χ0) is 17.8. The van der Waals surface area contributed by atoms with Gasteiger partial charge in [-0.2, -0.15) is 0 Å². The van der Waals surface area contributed by atoms with Crippen LogP contribution in [0.25, 0.3) is 5.57 Å². The van der Waals surface area contributed by atoms with E-state index >= 15 is 0 Å². The Hall–Kier alpha value is -1.01. The second-order valence-electron chi connectivity index (χ2n) is 6.91. The van der Waals surface area contributed by atoms with E-state index in [2.05, 4.69) is 64.4 Å². The normalized spacial score (nSPS) is 16.4. The highest BCUT2D eigenvalue weighted by Crippen LogP contribution is 2.45. The van der Waals surface area contributed by atoms with E-state index in [-0.39, 0.29) is 31.4 Å². The molecule has 2 heterocycles. The summed E-state index contributed by atoms with van der Waals surface area (Å²) in [4.78, 5) is 7.60. The predicted octanol–water partition coefficient (Wildman–Crippen LogP) is 4.43. The van der Waals surface area contributed by atoms with Gasteiger partial charge in [-0.15, -0.1) is 24.8 Å². The van der Waals surface area contributed by atoms with Gasteiger partial charge in [-0.1, -0.05) is 54.2 Å². The zero-order valence-corrected chi connectivity index (χ0v) is 18.4. The van der Waals surface area contributed by atoms with Gasteiger partial charge in [-0.25, -0.2) is 0 Å². The molecule has 4 rings (SSSR count). The molecule has 28 heavy (non-hydrogen) atoms. The second-order valence-corrected chi connectivity index (χ2v) is 7.99. The lowest BCUT2D eigenvalue weighted by Crippen LogP contribution is -2.47. The number of benzene rings is 2. The Balaban J connectivity index is 0.00000140. The number of piperazine rings is 1. The number of hydrogen-bond acceptors (Lipinski definition) is 4. The van der Waals surface area contributed by atoms with Gasteiger partial charge < -0.3 is 10.0 Å². The van der Waals surface area contributed by atoms with E-state index in [1.165, 1.54) is 26.5 Å². The smallest absolute Gasteiger partial charge is 0.0558 e. The molecule has 1 N–H and O–H groups in total. The number of halogens is 2. The molecule has 1 saturated heterocycles. The Labute approximate surface area is 184 Å². The van der Waals surface area contributed by atoms with Crippen LogP contribution < -0.4 is 0 Å². The monoisotopic (exact) mass is 438 g/mol. The summed E-state index contributed by atoms with van der Waals surface area (Å²) in [5.74, 6) is 0. The van der Waals surface area contributed by atoms with Crippen LogP contribution in [0.3, 0.4) is 0 Å². The highest BCUT2D eigenvalue weighted by Gasteiger charge is 2.20. The molecule has 0 atom stereocenters. The van der Waals surface area contributed by atoms with E-state index in [0.717, 1.165) is 45.7 Å². The number of aliphatic hydroxyl groups excluding tert-OH is 1. The summed E-state index contributed by atoms with van der Waals surface area (Å²) >= 11 is 1.88. The number of β-amino-alcohol motifs (C(OH)–C–C–N with tert-alkyl or cyclic N) is 1. The van der Waals surface area contributed by atoms with Gasteiger partial charge in [0.1, 0.15) is 0 Å². The van der Waals surface area contributed by atoms with E-state index in [0.29, 0.717) is 0 Å². The van der Waals surface area contributed by atoms with Crippen LogP contribution in [0.5, 0.6) is 0 Å². The minimum absolute atomic E-state index is 0. The Morgan fingerprint density at radius 2 is 1.29 bits per heavy atom. The molecule has 0 aromatic heterocycles. The van der Waals surface area contributed by atoms with Crippen LogP contribution in [0.1, 0.15) is 17.5 Å². The molecule has 1 fully saturated rings. The van der Waals surface area contributed by atoms with Crippen molar-refractivity contribution in [2.75, 3.05) is 45.9 Å². The molecule has 0 amide bonds. The van der Waals surface area contributed by atoms with Crippen molar-refractivity contribution in [3.05, 3.63) is 65.7 Å². The first-order valence-corrected chi connectivity index (χ1v) is 10.3. The van der Waals surface area contributed by atoms with Gasteiger partial charge in [0.05, 0.1) is 6.61 Å². The van der Waals surface area contributed by atoms with Crippen LogP contribution in [0.15, 0.2) is 64.4 Å². The predicted molar refractivity (Wildman–Crippen MR) is 123 cm³/mol. The van der Waals surface area contributed by atoms with Gasteiger partial charge in [0.25, 0.3) is 0 Å². The first kappa shape index (κ1) is 23.3. The molecule has 2 aromatic carbocycles. The SMILES string of the molecule is Cl.Cl.OCCN1CCN(CCC=C2c3ccccc3Sc3ccccc32)CC1. The van der Waals surface area contributed by atoms with Crippen LogP contribution in [0, 0.1) is 0 Å². The molecule has 6 heteroatoms. The minimum Gasteiger partial charge on any atom is -0.395 e. The molecule has 2 aromatic rings. The largest absolute Gasteiger partial charge is 0.395 e. The Bertz CT molecular complexity index is 744. The highest BCUT2D eigenvalue weighted by molar-refractivity contribution is 7.99. The van der Waals surface area contributed by atoms with E-state index < -0.39 is 0 Å². The fourth-order valence-electron chi connectivity index (χ4n) is 3.81. The fraction of sp³-hybridized carbons (Fsp3) is 0.364.